The zero-order chi connectivity index (χ0) is 23.3. The first-order valence-corrected chi connectivity index (χ1v) is 12.0. The molecule has 0 aromatic heterocycles. The molecule has 0 spiro atoms. The van der Waals surface area contributed by atoms with Gasteiger partial charge in [0.25, 0.3) is 0 Å². The Labute approximate surface area is 197 Å². The monoisotopic (exact) mass is 447 g/mol. The summed E-state index contributed by atoms with van der Waals surface area (Å²) in [7, 11) is 1.72. The third-order valence-corrected chi connectivity index (χ3v) is 6.46. The minimum Gasteiger partial charge on any atom is -0.389 e. The number of rotatable bonds is 12. The van der Waals surface area contributed by atoms with Crippen molar-refractivity contribution < 1.29 is 14.6 Å². The fourth-order valence-corrected chi connectivity index (χ4v) is 4.57. The van der Waals surface area contributed by atoms with Crippen LogP contribution in [0.25, 0.3) is 10.8 Å². The third kappa shape index (κ3) is 6.64. The second-order valence-electron chi connectivity index (χ2n) is 10.0. The van der Waals surface area contributed by atoms with Gasteiger partial charge in [-0.2, -0.15) is 0 Å². The fourth-order valence-electron chi connectivity index (χ4n) is 4.57. The summed E-state index contributed by atoms with van der Waals surface area (Å²) in [5.41, 5.74) is 3.52. The van der Waals surface area contributed by atoms with Crippen molar-refractivity contribution in [3.05, 3.63) is 83.4 Å². The van der Waals surface area contributed by atoms with Crippen molar-refractivity contribution in [3.8, 4) is 0 Å². The van der Waals surface area contributed by atoms with Crippen molar-refractivity contribution in [1.29, 1.82) is 0 Å². The fraction of sp³-hybridized carbons (Fsp3) is 0.448. The van der Waals surface area contributed by atoms with E-state index in [9.17, 15) is 5.11 Å². The van der Waals surface area contributed by atoms with Crippen molar-refractivity contribution in [1.82, 2.24) is 5.32 Å². The van der Waals surface area contributed by atoms with Gasteiger partial charge in [-0.25, -0.2) is 0 Å². The molecule has 4 rings (SSSR count). The minimum absolute atomic E-state index is 0.0246. The molecule has 3 aromatic rings. The van der Waals surface area contributed by atoms with Gasteiger partial charge in [-0.05, 0) is 66.5 Å². The van der Waals surface area contributed by atoms with Crippen LogP contribution in [0.3, 0.4) is 0 Å². The van der Waals surface area contributed by atoms with Crippen molar-refractivity contribution in [2.24, 2.45) is 5.92 Å². The van der Waals surface area contributed by atoms with Crippen LogP contribution >= 0.6 is 0 Å². The second kappa shape index (κ2) is 10.8. The largest absolute Gasteiger partial charge is 0.389 e. The lowest BCUT2D eigenvalue weighted by Crippen LogP contribution is -2.46. The van der Waals surface area contributed by atoms with Gasteiger partial charge in [0.2, 0.25) is 0 Å². The number of fused-ring (bicyclic) bond motifs is 1. The number of aliphatic hydroxyl groups is 1. The quantitative estimate of drug-likeness (QED) is 0.389. The van der Waals surface area contributed by atoms with Crippen LogP contribution in [-0.4, -0.2) is 37.0 Å². The maximum absolute atomic E-state index is 10.7. The van der Waals surface area contributed by atoms with Gasteiger partial charge in [0.1, 0.15) is 0 Å². The molecule has 2 atom stereocenters. The van der Waals surface area contributed by atoms with Gasteiger partial charge >= 0.3 is 0 Å². The lowest BCUT2D eigenvalue weighted by molar-refractivity contribution is -0.0219. The van der Waals surface area contributed by atoms with Crippen molar-refractivity contribution in [2.45, 2.75) is 57.5 Å². The molecule has 0 aliphatic heterocycles. The highest BCUT2D eigenvalue weighted by molar-refractivity contribution is 5.83. The average molecular weight is 448 g/mol. The molecule has 0 radical (unpaired) electrons. The highest BCUT2D eigenvalue weighted by Gasteiger charge is 2.34. The Morgan fingerprint density at radius 1 is 1.00 bits per heavy atom. The maximum atomic E-state index is 10.7. The van der Waals surface area contributed by atoms with Crippen LogP contribution in [0.4, 0.5) is 0 Å². The first kappa shape index (κ1) is 23.9. The summed E-state index contributed by atoms with van der Waals surface area (Å²) in [4.78, 5) is 0. The van der Waals surface area contributed by atoms with Gasteiger partial charge in [0.15, 0.2) is 0 Å². The van der Waals surface area contributed by atoms with Gasteiger partial charge in [0.05, 0.1) is 25.4 Å². The molecule has 3 aromatic carbocycles. The Kier molecular flexibility index (Phi) is 7.82. The summed E-state index contributed by atoms with van der Waals surface area (Å²) in [5, 5.41) is 16.7. The molecule has 1 aliphatic rings. The molecule has 176 valence electrons. The molecule has 0 unspecified atom stereocenters. The maximum Gasteiger partial charge on any atom is 0.0898 e. The zero-order valence-electron chi connectivity index (χ0n) is 20.1. The van der Waals surface area contributed by atoms with E-state index < -0.39 is 6.10 Å². The Morgan fingerprint density at radius 3 is 2.48 bits per heavy atom. The van der Waals surface area contributed by atoms with E-state index in [1.54, 1.807) is 7.11 Å². The summed E-state index contributed by atoms with van der Waals surface area (Å²) in [6.45, 7) is 5.77. The van der Waals surface area contributed by atoms with E-state index in [1.165, 1.54) is 40.3 Å². The third-order valence-electron chi connectivity index (χ3n) is 6.46. The number of hydrogen-bond acceptors (Lipinski definition) is 4. The van der Waals surface area contributed by atoms with E-state index >= 15 is 0 Å². The van der Waals surface area contributed by atoms with Crippen LogP contribution in [0.5, 0.6) is 0 Å². The molecule has 33 heavy (non-hydrogen) atoms. The summed E-state index contributed by atoms with van der Waals surface area (Å²) in [6, 6.07) is 23.4. The van der Waals surface area contributed by atoms with E-state index in [4.69, 9.17) is 9.47 Å². The SMILES string of the molecule is COCc1ccccc1[C@@H](OC[C@H](O)CNC(C)(C)Cc1ccc2ccccc2c1)C1CC1. The van der Waals surface area contributed by atoms with Crippen molar-refractivity contribution in [3.63, 3.8) is 0 Å². The van der Waals surface area contributed by atoms with Gasteiger partial charge in [-0.1, -0.05) is 66.7 Å². The van der Waals surface area contributed by atoms with Crippen LogP contribution in [0.15, 0.2) is 66.7 Å². The van der Waals surface area contributed by atoms with E-state index in [0.29, 0.717) is 25.7 Å². The molecule has 1 fully saturated rings. The molecule has 0 heterocycles. The highest BCUT2D eigenvalue weighted by atomic mass is 16.5. The summed E-state index contributed by atoms with van der Waals surface area (Å²) < 4.78 is 11.7. The summed E-state index contributed by atoms with van der Waals surface area (Å²) in [6.07, 6.45) is 2.71. The van der Waals surface area contributed by atoms with Gasteiger partial charge in [-0.3, -0.25) is 0 Å². The Morgan fingerprint density at radius 2 is 1.73 bits per heavy atom. The number of methoxy groups -OCH3 is 1. The molecule has 0 amide bonds. The van der Waals surface area contributed by atoms with E-state index in [-0.39, 0.29) is 11.6 Å². The van der Waals surface area contributed by atoms with Crippen LogP contribution in [0.2, 0.25) is 0 Å². The van der Waals surface area contributed by atoms with Crippen LogP contribution in [0.1, 0.15) is 49.5 Å². The Bertz CT molecular complexity index is 1040. The molecular weight excluding hydrogens is 410 g/mol. The topological polar surface area (TPSA) is 50.7 Å². The number of β-amino-alcohol motifs (C(OH)–C–C–N with tert-alkyl or cyclic N) is 1. The number of benzene rings is 3. The molecule has 1 saturated carbocycles. The molecular formula is C29H37NO3. The predicted octanol–water partition coefficient (Wildman–Crippen LogP) is 5.43. The molecule has 0 saturated heterocycles. The van der Waals surface area contributed by atoms with Crippen LogP contribution in [-0.2, 0) is 22.5 Å². The Balaban J connectivity index is 1.31. The lowest BCUT2D eigenvalue weighted by atomic mass is 9.93. The average Bonchev–Trinajstić information content (AvgIpc) is 3.64. The lowest BCUT2D eigenvalue weighted by Gasteiger charge is -2.29. The predicted molar refractivity (Wildman–Crippen MR) is 134 cm³/mol. The standard InChI is InChI=1S/C29H37NO3/c1-29(2,17-21-12-13-22-8-4-5-9-24(22)16-21)30-18-26(31)20-33-28(23-14-15-23)27-11-7-6-10-25(27)19-32-3/h4-13,16,23,26,28,30-31H,14-15,17-20H2,1-3H3/t26-,28+/m1/s1. The van der Waals surface area contributed by atoms with Crippen LogP contribution in [0, 0.1) is 5.92 Å². The summed E-state index contributed by atoms with van der Waals surface area (Å²) in [5.74, 6) is 0.535. The second-order valence-corrected chi connectivity index (χ2v) is 10.0. The molecule has 2 N–H and O–H groups in total. The van der Waals surface area contributed by atoms with Gasteiger partial charge < -0.3 is 19.9 Å². The first-order valence-electron chi connectivity index (χ1n) is 12.0. The smallest absolute Gasteiger partial charge is 0.0898 e. The van der Waals surface area contributed by atoms with Gasteiger partial charge in [-0.15, -0.1) is 0 Å². The van der Waals surface area contributed by atoms with Crippen molar-refractivity contribution >= 4 is 10.8 Å². The molecule has 0 bridgehead atoms. The number of nitrogens with one attached hydrogen (secondary N) is 1. The normalized spacial score (nSPS) is 16.1. The van der Waals surface area contributed by atoms with E-state index in [2.05, 4.69) is 79.8 Å². The molecule has 4 nitrogen and oxygen atoms in total. The minimum atomic E-state index is -0.559. The molecule has 4 heteroatoms. The zero-order valence-corrected chi connectivity index (χ0v) is 20.1. The van der Waals surface area contributed by atoms with Gasteiger partial charge in [0, 0.05) is 19.2 Å². The highest BCUT2D eigenvalue weighted by Crippen LogP contribution is 2.44. The molecule has 1 aliphatic carbocycles. The summed E-state index contributed by atoms with van der Waals surface area (Å²) >= 11 is 0. The number of aliphatic hydroxyl groups excluding tert-OH is 1. The van der Waals surface area contributed by atoms with E-state index in [1.807, 2.05) is 6.07 Å². The van der Waals surface area contributed by atoms with Crippen LogP contribution < -0.4 is 5.32 Å². The number of ether oxygens (including phenoxy) is 2. The van der Waals surface area contributed by atoms with Crippen molar-refractivity contribution in [2.75, 3.05) is 20.3 Å². The number of hydrogen-bond donors (Lipinski definition) is 2. The first-order chi connectivity index (χ1) is 15.9. The van der Waals surface area contributed by atoms with E-state index in [0.717, 1.165) is 6.42 Å². The Hall–Kier alpha value is -2.24.